The van der Waals surface area contributed by atoms with Gasteiger partial charge in [-0.25, -0.2) is 0 Å². The highest BCUT2D eigenvalue weighted by Gasteiger charge is 2.32. The zero-order chi connectivity index (χ0) is 13.7. The van der Waals surface area contributed by atoms with Crippen LogP contribution in [0.2, 0.25) is 0 Å². The molecule has 0 aliphatic heterocycles. The Bertz CT molecular complexity index is 380. The molecule has 1 aliphatic carbocycles. The summed E-state index contributed by atoms with van der Waals surface area (Å²) >= 11 is 0. The fourth-order valence-electron chi connectivity index (χ4n) is 2.69. The number of hydrogen-bond donors (Lipinski definition) is 2. The van der Waals surface area contributed by atoms with Crippen LogP contribution in [-0.4, -0.2) is 23.4 Å². The summed E-state index contributed by atoms with van der Waals surface area (Å²) in [5, 5.41) is 13.1. The normalized spacial score (nSPS) is 17.9. The van der Waals surface area contributed by atoms with Crippen LogP contribution in [0, 0.1) is 0 Å². The topological polar surface area (TPSA) is 41.5 Å². The number of benzene rings is 1. The van der Waals surface area contributed by atoms with Gasteiger partial charge < -0.3 is 15.2 Å². The Balaban J connectivity index is 1.89. The van der Waals surface area contributed by atoms with Crippen LogP contribution in [0.15, 0.2) is 24.3 Å². The zero-order valence-corrected chi connectivity index (χ0v) is 12.0. The molecule has 1 aromatic carbocycles. The van der Waals surface area contributed by atoms with E-state index in [1.165, 1.54) is 18.4 Å². The lowest BCUT2D eigenvalue weighted by Crippen LogP contribution is -2.45. The first-order chi connectivity index (χ1) is 9.13. The molecule has 1 saturated carbocycles. The Hall–Kier alpha value is -1.06. The number of rotatable bonds is 6. The average molecular weight is 263 g/mol. The monoisotopic (exact) mass is 263 g/mol. The molecule has 106 valence electrons. The van der Waals surface area contributed by atoms with E-state index in [9.17, 15) is 5.11 Å². The minimum Gasteiger partial charge on any atom is -0.491 e. The number of aliphatic hydroxyl groups is 1. The fourth-order valence-corrected chi connectivity index (χ4v) is 2.69. The van der Waals surface area contributed by atoms with E-state index in [1.807, 2.05) is 26.0 Å². The molecular weight excluding hydrogens is 238 g/mol. The Kier molecular flexibility index (Phi) is 4.83. The average Bonchev–Trinajstić information content (AvgIpc) is 2.87. The molecule has 0 amide bonds. The van der Waals surface area contributed by atoms with Crippen molar-refractivity contribution in [3.05, 3.63) is 29.8 Å². The first-order valence-electron chi connectivity index (χ1n) is 7.25. The van der Waals surface area contributed by atoms with Gasteiger partial charge >= 0.3 is 0 Å². The molecule has 0 radical (unpaired) electrons. The van der Waals surface area contributed by atoms with Gasteiger partial charge in [-0.05, 0) is 44.4 Å². The van der Waals surface area contributed by atoms with Crippen molar-refractivity contribution in [1.82, 2.24) is 5.32 Å². The summed E-state index contributed by atoms with van der Waals surface area (Å²) in [6.07, 6.45) is 4.81. The Morgan fingerprint density at radius 1 is 1.21 bits per heavy atom. The van der Waals surface area contributed by atoms with Gasteiger partial charge in [0.15, 0.2) is 0 Å². The van der Waals surface area contributed by atoms with E-state index in [0.717, 1.165) is 25.1 Å². The summed E-state index contributed by atoms with van der Waals surface area (Å²) in [6, 6.07) is 8.20. The third-order valence-electron chi connectivity index (χ3n) is 3.83. The molecule has 19 heavy (non-hydrogen) atoms. The van der Waals surface area contributed by atoms with Crippen LogP contribution in [0.1, 0.15) is 45.1 Å². The highest BCUT2D eigenvalue weighted by Crippen LogP contribution is 2.29. The minimum absolute atomic E-state index is 0.0485. The van der Waals surface area contributed by atoms with E-state index >= 15 is 0 Å². The largest absolute Gasteiger partial charge is 0.491 e. The van der Waals surface area contributed by atoms with Crippen molar-refractivity contribution in [2.75, 3.05) is 6.61 Å². The van der Waals surface area contributed by atoms with Crippen molar-refractivity contribution in [2.45, 2.75) is 57.7 Å². The van der Waals surface area contributed by atoms with Crippen molar-refractivity contribution < 1.29 is 9.84 Å². The van der Waals surface area contributed by atoms with Crippen LogP contribution >= 0.6 is 0 Å². The maximum Gasteiger partial charge on any atom is 0.119 e. The van der Waals surface area contributed by atoms with E-state index < -0.39 is 0 Å². The third kappa shape index (κ3) is 3.95. The maximum atomic E-state index is 9.56. The molecular formula is C16H25NO2. The number of aliphatic hydroxyl groups excluding tert-OH is 1. The molecule has 0 spiro atoms. The molecule has 2 N–H and O–H groups in total. The highest BCUT2D eigenvalue weighted by molar-refractivity contribution is 5.27. The molecule has 0 bridgehead atoms. The van der Waals surface area contributed by atoms with Gasteiger partial charge in [-0.15, -0.1) is 0 Å². The van der Waals surface area contributed by atoms with Crippen molar-refractivity contribution >= 4 is 0 Å². The first-order valence-corrected chi connectivity index (χ1v) is 7.25. The number of ether oxygens (including phenoxy) is 1. The van der Waals surface area contributed by atoms with Crippen LogP contribution in [0.4, 0.5) is 0 Å². The Labute approximate surface area is 116 Å². The standard InChI is InChI=1S/C16H25NO2/c1-13(2)19-15-7-5-14(6-8-15)11-17-16(12-18)9-3-4-10-16/h5-8,13,17-18H,3-4,9-12H2,1-2H3. The molecule has 3 heteroatoms. The Morgan fingerprint density at radius 3 is 2.37 bits per heavy atom. The molecule has 0 heterocycles. The molecule has 0 aromatic heterocycles. The van der Waals surface area contributed by atoms with Gasteiger partial charge in [0.1, 0.15) is 5.75 Å². The summed E-state index contributed by atoms with van der Waals surface area (Å²) in [7, 11) is 0. The molecule has 0 saturated heterocycles. The summed E-state index contributed by atoms with van der Waals surface area (Å²) in [4.78, 5) is 0. The van der Waals surface area contributed by atoms with Crippen molar-refractivity contribution in [1.29, 1.82) is 0 Å². The predicted molar refractivity (Wildman–Crippen MR) is 77.3 cm³/mol. The number of hydrogen-bond acceptors (Lipinski definition) is 3. The van der Waals surface area contributed by atoms with E-state index in [0.29, 0.717) is 0 Å². The van der Waals surface area contributed by atoms with Gasteiger partial charge in [-0.2, -0.15) is 0 Å². The number of nitrogens with one attached hydrogen (secondary N) is 1. The van der Waals surface area contributed by atoms with Crippen LogP contribution in [-0.2, 0) is 6.54 Å². The summed E-state index contributed by atoms with van der Waals surface area (Å²) in [5.41, 5.74) is 1.18. The molecule has 0 atom stereocenters. The van der Waals surface area contributed by atoms with Crippen molar-refractivity contribution in [3.8, 4) is 5.75 Å². The lowest BCUT2D eigenvalue weighted by atomic mass is 9.98. The smallest absolute Gasteiger partial charge is 0.119 e. The van der Waals surface area contributed by atoms with Crippen LogP contribution in [0.25, 0.3) is 0 Å². The SMILES string of the molecule is CC(C)Oc1ccc(CNC2(CO)CCCC2)cc1. The van der Waals surface area contributed by atoms with Gasteiger partial charge in [-0.1, -0.05) is 25.0 Å². The van der Waals surface area contributed by atoms with Gasteiger partial charge in [-0.3, -0.25) is 0 Å². The van der Waals surface area contributed by atoms with Crippen LogP contribution in [0.5, 0.6) is 5.75 Å². The highest BCUT2D eigenvalue weighted by atomic mass is 16.5. The van der Waals surface area contributed by atoms with E-state index in [-0.39, 0.29) is 18.2 Å². The van der Waals surface area contributed by atoms with Crippen molar-refractivity contribution in [3.63, 3.8) is 0 Å². The van der Waals surface area contributed by atoms with Crippen LogP contribution < -0.4 is 10.1 Å². The van der Waals surface area contributed by atoms with Gasteiger partial charge in [0, 0.05) is 12.1 Å². The van der Waals surface area contributed by atoms with Gasteiger partial charge in [0.25, 0.3) is 0 Å². The van der Waals surface area contributed by atoms with E-state index in [2.05, 4.69) is 17.4 Å². The van der Waals surface area contributed by atoms with Crippen molar-refractivity contribution in [2.24, 2.45) is 0 Å². The van der Waals surface area contributed by atoms with Gasteiger partial charge in [0.2, 0.25) is 0 Å². The van der Waals surface area contributed by atoms with Crippen LogP contribution in [0.3, 0.4) is 0 Å². The quantitative estimate of drug-likeness (QED) is 0.829. The molecule has 1 fully saturated rings. The molecule has 1 aromatic rings. The lowest BCUT2D eigenvalue weighted by molar-refractivity contribution is 0.163. The summed E-state index contributed by atoms with van der Waals surface area (Å²) in [6.45, 7) is 5.10. The van der Waals surface area contributed by atoms with E-state index in [4.69, 9.17) is 4.74 Å². The first kappa shape index (κ1) is 14.4. The molecule has 0 unspecified atom stereocenters. The second-order valence-electron chi connectivity index (χ2n) is 5.81. The predicted octanol–water partition coefficient (Wildman–Crippen LogP) is 2.87. The third-order valence-corrected chi connectivity index (χ3v) is 3.83. The zero-order valence-electron chi connectivity index (χ0n) is 12.0. The lowest BCUT2D eigenvalue weighted by Gasteiger charge is -2.28. The molecule has 3 nitrogen and oxygen atoms in total. The van der Waals surface area contributed by atoms with E-state index in [1.54, 1.807) is 0 Å². The molecule has 2 rings (SSSR count). The summed E-state index contributed by atoms with van der Waals surface area (Å²) in [5.74, 6) is 0.913. The minimum atomic E-state index is -0.0485. The Morgan fingerprint density at radius 2 is 1.84 bits per heavy atom. The second-order valence-corrected chi connectivity index (χ2v) is 5.81. The maximum absolute atomic E-state index is 9.56. The molecule has 1 aliphatic rings. The fraction of sp³-hybridized carbons (Fsp3) is 0.625. The second kappa shape index (κ2) is 6.40. The van der Waals surface area contributed by atoms with Gasteiger partial charge in [0.05, 0.1) is 12.7 Å². The summed E-state index contributed by atoms with van der Waals surface area (Å²) < 4.78 is 5.63.